The SMILES string of the molecule is COc1ccc(/C=C2\Oc3c(ccc4c3[C@H](c3ccc(-c5ccc(C(=O)O)cc5)o3)CC(=O)O4)C2=O)c(OC)c1. The van der Waals surface area contributed by atoms with Crippen molar-refractivity contribution in [2.45, 2.75) is 12.3 Å². The van der Waals surface area contributed by atoms with Crippen LogP contribution in [0.25, 0.3) is 17.4 Å². The van der Waals surface area contributed by atoms with Crippen molar-refractivity contribution < 1.29 is 42.9 Å². The molecule has 9 heteroatoms. The summed E-state index contributed by atoms with van der Waals surface area (Å²) in [4.78, 5) is 37.1. The van der Waals surface area contributed by atoms with E-state index in [1.54, 1.807) is 67.8 Å². The van der Waals surface area contributed by atoms with Gasteiger partial charge in [0, 0.05) is 22.8 Å². The number of ketones is 1. The number of carboxylic acids is 1. The number of allylic oxidation sites excluding steroid dienone is 1. The Morgan fingerprint density at radius 3 is 2.48 bits per heavy atom. The first-order valence-corrected chi connectivity index (χ1v) is 12.3. The third-order valence-electron chi connectivity index (χ3n) is 6.89. The number of benzene rings is 3. The molecule has 3 aromatic carbocycles. The van der Waals surface area contributed by atoms with E-state index in [9.17, 15) is 14.4 Å². The van der Waals surface area contributed by atoms with E-state index in [1.807, 2.05) is 0 Å². The maximum absolute atomic E-state index is 13.3. The fourth-order valence-corrected chi connectivity index (χ4v) is 4.90. The predicted octanol–water partition coefficient (Wildman–Crippen LogP) is 5.72. The molecule has 3 heterocycles. The first-order chi connectivity index (χ1) is 19.4. The minimum absolute atomic E-state index is 0.0166. The lowest BCUT2D eigenvalue weighted by atomic mass is 9.88. The highest BCUT2D eigenvalue weighted by molar-refractivity contribution is 6.15. The van der Waals surface area contributed by atoms with Crippen LogP contribution in [0.4, 0.5) is 0 Å². The van der Waals surface area contributed by atoms with Crippen molar-refractivity contribution in [3.8, 4) is 34.3 Å². The molecule has 200 valence electrons. The van der Waals surface area contributed by atoms with Crippen LogP contribution in [0, 0.1) is 0 Å². The normalized spacial score (nSPS) is 16.6. The smallest absolute Gasteiger partial charge is 0.335 e. The van der Waals surface area contributed by atoms with Crippen LogP contribution in [0.5, 0.6) is 23.0 Å². The van der Waals surface area contributed by atoms with Crippen LogP contribution < -0.4 is 18.9 Å². The number of methoxy groups -OCH3 is 2. The first-order valence-electron chi connectivity index (χ1n) is 12.3. The predicted molar refractivity (Wildman–Crippen MR) is 142 cm³/mol. The van der Waals surface area contributed by atoms with Crippen LogP contribution >= 0.6 is 0 Å². The van der Waals surface area contributed by atoms with Crippen LogP contribution in [0.15, 0.2) is 76.9 Å². The van der Waals surface area contributed by atoms with Gasteiger partial charge >= 0.3 is 11.9 Å². The third-order valence-corrected chi connectivity index (χ3v) is 6.89. The molecule has 1 atom stereocenters. The second-order valence-electron chi connectivity index (χ2n) is 9.22. The van der Waals surface area contributed by atoms with Crippen molar-refractivity contribution in [1.29, 1.82) is 0 Å². The summed E-state index contributed by atoms with van der Waals surface area (Å²) in [5.74, 6) is 0.450. The summed E-state index contributed by atoms with van der Waals surface area (Å²) in [6, 6.07) is 18.2. The Balaban J connectivity index is 1.38. The standard InChI is InChI=1S/C31H22O9/c1-36-19-8-7-18(25(14-19)37-2)13-26-29(33)20-9-10-24-28(30(20)40-26)21(15-27(32)39-24)23-12-11-22(38-23)16-3-5-17(6-4-16)31(34)35/h3-14,21H,15H2,1-2H3,(H,34,35)/b26-13-/t21-/m0/s1. The molecule has 40 heavy (non-hydrogen) atoms. The zero-order valence-electron chi connectivity index (χ0n) is 21.4. The van der Waals surface area contributed by atoms with E-state index < -0.39 is 17.9 Å². The maximum atomic E-state index is 13.3. The van der Waals surface area contributed by atoms with Crippen molar-refractivity contribution in [2.75, 3.05) is 14.2 Å². The molecule has 0 bridgehead atoms. The first kappa shape index (κ1) is 25.0. The van der Waals surface area contributed by atoms with Gasteiger partial charge in [-0.3, -0.25) is 9.59 Å². The average molecular weight is 539 g/mol. The summed E-state index contributed by atoms with van der Waals surface area (Å²) >= 11 is 0. The lowest BCUT2D eigenvalue weighted by Gasteiger charge is -2.24. The van der Waals surface area contributed by atoms with Crippen molar-refractivity contribution in [3.05, 3.63) is 101 Å². The highest BCUT2D eigenvalue weighted by Crippen LogP contribution is 2.49. The van der Waals surface area contributed by atoms with Gasteiger partial charge in [0.2, 0.25) is 5.78 Å². The number of carbonyl (C=O) groups excluding carboxylic acids is 2. The Morgan fingerprint density at radius 1 is 0.950 bits per heavy atom. The highest BCUT2D eigenvalue weighted by atomic mass is 16.5. The number of Topliss-reactive ketones (excluding diaryl/α,β-unsaturated/α-hetero) is 1. The fraction of sp³-hybridized carbons (Fsp3) is 0.129. The van der Waals surface area contributed by atoms with Crippen LogP contribution in [0.1, 0.15) is 49.9 Å². The molecule has 2 aliphatic rings. The summed E-state index contributed by atoms with van der Waals surface area (Å²) in [6.45, 7) is 0. The number of furan rings is 1. The van der Waals surface area contributed by atoms with Crippen LogP contribution in [-0.2, 0) is 4.79 Å². The molecule has 0 aliphatic carbocycles. The minimum atomic E-state index is -1.02. The number of hydrogen-bond acceptors (Lipinski definition) is 8. The number of fused-ring (bicyclic) bond motifs is 3. The molecule has 0 amide bonds. The summed E-state index contributed by atoms with van der Waals surface area (Å²) in [7, 11) is 3.08. The van der Waals surface area contributed by atoms with Crippen molar-refractivity contribution in [2.24, 2.45) is 0 Å². The van der Waals surface area contributed by atoms with Gasteiger partial charge in [-0.15, -0.1) is 0 Å². The lowest BCUT2D eigenvalue weighted by Crippen LogP contribution is -2.21. The Labute approximate surface area is 228 Å². The number of hydrogen-bond donors (Lipinski definition) is 1. The van der Waals surface area contributed by atoms with E-state index in [2.05, 4.69) is 0 Å². The van der Waals surface area contributed by atoms with E-state index in [1.165, 1.54) is 19.2 Å². The number of rotatable bonds is 6. The van der Waals surface area contributed by atoms with E-state index in [4.69, 9.17) is 28.5 Å². The van der Waals surface area contributed by atoms with Gasteiger partial charge in [-0.25, -0.2) is 4.79 Å². The second-order valence-corrected chi connectivity index (χ2v) is 9.22. The molecule has 9 nitrogen and oxygen atoms in total. The Morgan fingerprint density at radius 2 is 1.75 bits per heavy atom. The van der Waals surface area contributed by atoms with Gasteiger partial charge in [-0.1, -0.05) is 12.1 Å². The molecule has 0 saturated heterocycles. The molecule has 1 N–H and O–H groups in total. The number of carboxylic acid groups (broad SMARTS) is 1. The average Bonchev–Trinajstić information content (AvgIpc) is 3.58. The summed E-state index contributed by atoms with van der Waals surface area (Å²) < 4.78 is 28.5. The Hall–Kier alpha value is -5.31. The highest BCUT2D eigenvalue weighted by Gasteiger charge is 2.39. The van der Waals surface area contributed by atoms with Gasteiger partial charge in [-0.2, -0.15) is 0 Å². The van der Waals surface area contributed by atoms with Crippen molar-refractivity contribution >= 4 is 23.8 Å². The molecule has 6 rings (SSSR count). The van der Waals surface area contributed by atoms with E-state index in [-0.39, 0.29) is 23.5 Å². The monoisotopic (exact) mass is 538 g/mol. The molecule has 0 saturated carbocycles. The van der Waals surface area contributed by atoms with Gasteiger partial charge in [0.15, 0.2) is 5.76 Å². The zero-order valence-corrected chi connectivity index (χ0v) is 21.4. The molecule has 0 spiro atoms. The number of aromatic carboxylic acids is 1. The topological polar surface area (TPSA) is 122 Å². The van der Waals surface area contributed by atoms with E-state index in [0.29, 0.717) is 56.8 Å². The van der Waals surface area contributed by atoms with Crippen LogP contribution in [-0.4, -0.2) is 37.0 Å². The number of carbonyl (C=O) groups is 3. The molecule has 4 aromatic rings. The van der Waals surface area contributed by atoms with Crippen LogP contribution in [0.2, 0.25) is 0 Å². The third kappa shape index (κ3) is 4.27. The van der Waals surface area contributed by atoms with Crippen LogP contribution in [0.3, 0.4) is 0 Å². The largest absolute Gasteiger partial charge is 0.497 e. The molecule has 0 radical (unpaired) electrons. The Kier molecular flexibility index (Phi) is 6.11. The quantitative estimate of drug-likeness (QED) is 0.187. The molecule has 1 aromatic heterocycles. The molecule has 2 aliphatic heterocycles. The molecular formula is C31H22O9. The van der Waals surface area contributed by atoms with Crippen molar-refractivity contribution in [3.63, 3.8) is 0 Å². The van der Waals surface area contributed by atoms with E-state index >= 15 is 0 Å². The Bertz CT molecular complexity index is 1710. The zero-order chi connectivity index (χ0) is 28.0. The molecule has 0 fully saturated rings. The van der Waals surface area contributed by atoms with Gasteiger partial charge in [-0.05, 0) is 54.6 Å². The number of ether oxygens (including phenoxy) is 4. The maximum Gasteiger partial charge on any atom is 0.335 e. The fourth-order valence-electron chi connectivity index (χ4n) is 4.90. The summed E-state index contributed by atoms with van der Waals surface area (Å²) in [5, 5.41) is 9.16. The number of esters is 1. The summed E-state index contributed by atoms with van der Waals surface area (Å²) in [6.07, 6.45) is 1.58. The lowest BCUT2D eigenvalue weighted by molar-refractivity contribution is -0.135. The minimum Gasteiger partial charge on any atom is -0.497 e. The summed E-state index contributed by atoms with van der Waals surface area (Å²) in [5.41, 5.74) is 2.35. The van der Waals surface area contributed by atoms with E-state index in [0.717, 1.165) is 0 Å². The van der Waals surface area contributed by atoms with Gasteiger partial charge in [0.05, 0.1) is 37.7 Å². The molecule has 0 unspecified atom stereocenters. The second kappa shape index (κ2) is 9.77. The van der Waals surface area contributed by atoms with Crippen molar-refractivity contribution in [1.82, 2.24) is 0 Å². The van der Waals surface area contributed by atoms with Gasteiger partial charge in [0.25, 0.3) is 0 Å². The molecular weight excluding hydrogens is 516 g/mol. The van der Waals surface area contributed by atoms with Gasteiger partial charge < -0.3 is 28.5 Å². The van der Waals surface area contributed by atoms with Gasteiger partial charge in [0.1, 0.15) is 34.5 Å².